The van der Waals surface area contributed by atoms with Crippen LogP contribution in [0.15, 0.2) is 40.3 Å². The number of aromatic amines is 1. The Kier molecular flexibility index (Phi) is 5.21. The highest BCUT2D eigenvalue weighted by atomic mass is 19.1. The van der Waals surface area contributed by atoms with Crippen molar-refractivity contribution in [3.05, 3.63) is 62.9 Å². The Morgan fingerprint density at radius 1 is 1.12 bits per heavy atom. The minimum absolute atomic E-state index is 0.197. The van der Waals surface area contributed by atoms with Crippen LogP contribution < -0.4 is 11.2 Å². The number of halogens is 1. The number of nitrogens with zero attached hydrogens (tertiary/aromatic N) is 5. The summed E-state index contributed by atoms with van der Waals surface area (Å²) in [6.07, 6.45) is 6.65. The first-order chi connectivity index (χ1) is 15.4. The van der Waals surface area contributed by atoms with Gasteiger partial charge in [-0.05, 0) is 68.6 Å². The number of aromatic nitrogens is 5. The van der Waals surface area contributed by atoms with Gasteiger partial charge in [0.15, 0.2) is 11.2 Å². The summed E-state index contributed by atoms with van der Waals surface area (Å²) in [7, 11) is 3.13. The molecule has 1 aromatic carbocycles. The lowest BCUT2D eigenvalue weighted by molar-refractivity contribution is 0.208. The normalized spacial score (nSPS) is 15.8. The van der Waals surface area contributed by atoms with Gasteiger partial charge in [-0.15, -0.1) is 0 Å². The van der Waals surface area contributed by atoms with Crippen molar-refractivity contribution in [3.63, 3.8) is 0 Å². The Bertz CT molecular complexity index is 1400. The first-order valence-electron chi connectivity index (χ1n) is 11.0. The van der Waals surface area contributed by atoms with E-state index in [9.17, 15) is 14.0 Å². The Morgan fingerprint density at radius 2 is 1.91 bits per heavy atom. The Morgan fingerprint density at radius 3 is 2.69 bits per heavy atom. The second-order valence-corrected chi connectivity index (χ2v) is 8.72. The lowest BCUT2D eigenvalue weighted by Gasteiger charge is -2.32. The van der Waals surface area contributed by atoms with Crippen LogP contribution in [0.3, 0.4) is 0 Å². The molecular weight excluding hydrogens is 411 g/mol. The molecule has 1 saturated heterocycles. The number of imidazole rings is 1. The maximum Gasteiger partial charge on any atom is 0.332 e. The molecular formula is C23H27FN6O2. The molecule has 4 aromatic rings. The molecule has 9 heteroatoms. The molecule has 0 radical (unpaired) electrons. The zero-order chi connectivity index (χ0) is 22.4. The minimum Gasteiger partial charge on any atom is -0.361 e. The van der Waals surface area contributed by atoms with Gasteiger partial charge >= 0.3 is 5.69 Å². The summed E-state index contributed by atoms with van der Waals surface area (Å²) < 4.78 is 18.1. The second kappa shape index (κ2) is 8.05. The third-order valence-electron chi connectivity index (χ3n) is 6.79. The van der Waals surface area contributed by atoms with Crippen molar-refractivity contribution in [1.82, 2.24) is 28.6 Å². The molecule has 1 fully saturated rings. The fourth-order valence-electron chi connectivity index (χ4n) is 4.95. The van der Waals surface area contributed by atoms with Crippen LogP contribution >= 0.6 is 0 Å². The molecule has 168 valence electrons. The molecule has 5 rings (SSSR count). The van der Waals surface area contributed by atoms with Crippen molar-refractivity contribution in [3.8, 4) is 0 Å². The topological polar surface area (TPSA) is 80.8 Å². The molecule has 4 heterocycles. The fourth-order valence-corrected chi connectivity index (χ4v) is 4.95. The average Bonchev–Trinajstić information content (AvgIpc) is 3.41. The van der Waals surface area contributed by atoms with Crippen molar-refractivity contribution in [2.75, 3.05) is 19.6 Å². The van der Waals surface area contributed by atoms with Crippen LogP contribution in [0.4, 0.5) is 4.39 Å². The zero-order valence-electron chi connectivity index (χ0n) is 18.3. The maximum absolute atomic E-state index is 13.7. The summed E-state index contributed by atoms with van der Waals surface area (Å²) >= 11 is 0. The molecule has 0 aliphatic carbocycles. The van der Waals surface area contributed by atoms with Crippen molar-refractivity contribution in [2.45, 2.75) is 31.7 Å². The van der Waals surface area contributed by atoms with E-state index in [0.717, 1.165) is 54.4 Å². The number of aryl methyl sites for hydroxylation is 2. The smallest absolute Gasteiger partial charge is 0.332 e. The van der Waals surface area contributed by atoms with Gasteiger partial charge in [-0.3, -0.25) is 13.9 Å². The van der Waals surface area contributed by atoms with Crippen molar-refractivity contribution >= 4 is 22.1 Å². The van der Waals surface area contributed by atoms with Crippen molar-refractivity contribution in [1.29, 1.82) is 0 Å². The molecule has 0 atom stereocenters. The molecule has 32 heavy (non-hydrogen) atoms. The predicted molar refractivity (Wildman–Crippen MR) is 122 cm³/mol. The summed E-state index contributed by atoms with van der Waals surface area (Å²) in [5, 5.41) is 0.992. The number of benzene rings is 1. The summed E-state index contributed by atoms with van der Waals surface area (Å²) in [6.45, 7) is 3.59. The van der Waals surface area contributed by atoms with E-state index in [1.54, 1.807) is 25.5 Å². The van der Waals surface area contributed by atoms with Gasteiger partial charge in [0.05, 0.1) is 6.33 Å². The Hall–Kier alpha value is -3.20. The molecule has 0 amide bonds. The molecule has 1 aliphatic rings. The monoisotopic (exact) mass is 438 g/mol. The molecule has 3 aromatic heterocycles. The van der Waals surface area contributed by atoms with E-state index in [2.05, 4.69) is 14.9 Å². The standard InChI is InChI=1S/C23H27FN6O2/c1-27-21-20(22(31)28(2)23(27)32)30(14-26-21)9-3-8-29-10-6-15(7-11-29)18-13-25-19-5-4-16(24)12-17(18)19/h4-5,12-15,25H,3,6-11H2,1-2H3. The Balaban J connectivity index is 1.21. The van der Waals surface area contributed by atoms with Gasteiger partial charge < -0.3 is 14.5 Å². The van der Waals surface area contributed by atoms with Gasteiger partial charge in [-0.2, -0.15) is 0 Å². The molecule has 8 nitrogen and oxygen atoms in total. The third-order valence-corrected chi connectivity index (χ3v) is 6.79. The van der Waals surface area contributed by atoms with Crippen LogP contribution in [-0.4, -0.2) is 48.2 Å². The van der Waals surface area contributed by atoms with Crippen molar-refractivity contribution in [2.24, 2.45) is 14.1 Å². The first-order valence-corrected chi connectivity index (χ1v) is 11.0. The molecule has 0 saturated carbocycles. The highest BCUT2D eigenvalue weighted by Crippen LogP contribution is 2.33. The predicted octanol–water partition coefficient (Wildman–Crippen LogP) is 2.32. The van der Waals surface area contributed by atoms with Crippen molar-refractivity contribution < 1.29 is 4.39 Å². The molecule has 1 aliphatic heterocycles. The minimum atomic E-state index is -0.367. The number of piperidine rings is 1. The van der Waals surface area contributed by atoms with E-state index in [4.69, 9.17) is 0 Å². The van der Waals surface area contributed by atoms with Gasteiger partial charge in [0, 0.05) is 37.7 Å². The summed E-state index contributed by atoms with van der Waals surface area (Å²) in [5.41, 5.74) is 2.42. The van der Waals surface area contributed by atoms with Crippen LogP contribution in [0, 0.1) is 5.82 Å². The van der Waals surface area contributed by atoms with E-state index in [1.807, 2.05) is 10.8 Å². The maximum atomic E-state index is 13.7. The number of H-pyrrole nitrogens is 1. The summed E-state index contributed by atoms with van der Waals surface area (Å²) in [6, 6.07) is 4.92. The molecule has 0 bridgehead atoms. The largest absolute Gasteiger partial charge is 0.361 e. The number of hydrogen-bond donors (Lipinski definition) is 1. The van der Waals surface area contributed by atoms with Gasteiger partial charge in [0.2, 0.25) is 0 Å². The molecule has 1 N–H and O–H groups in total. The number of likely N-dealkylation sites (tertiary alicyclic amines) is 1. The van der Waals surface area contributed by atoms with Crippen LogP contribution in [0.5, 0.6) is 0 Å². The fraction of sp³-hybridized carbons (Fsp3) is 0.435. The number of nitrogens with one attached hydrogen (secondary N) is 1. The summed E-state index contributed by atoms with van der Waals surface area (Å²) in [4.78, 5) is 34.6. The second-order valence-electron chi connectivity index (χ2n) is 8.72. The SMILES string of the molecule is Cn1c(=O)c2c(ncn2CCCN2CCC(c3c[nH]c4ccc(F)cc34)CC2)n(C)c1=O. The van der Waals surface area contributed by atoms with Gasteiger partial charge in [-0.1, -0.05) is 0 Å². The third kappa shape index (κ3) is 3.46. The lowest BCUT2D eigenvalue weighted by atomic mass is 9.89. The van der Waals surface area contributed by atoms with Crippen LogP contribution in [0.25, 0.3) is 22.1 Å². The number of fused-ring (bicyclic) bond motifs is 2. The van der Waals surface area contributed by atoms with Gasteiger partial charge in [-0.25, -0.2) is 14.2 Å². The number of rotatable bonds is 5. The molecule has 0 unspecified atom stereocenters. The van der Waals surface area contributed by atoms with E-state index >= 15 is 0 Å². The lowest BCUT2D eigenvalue weighted by Crippen LogP contribution is -2.37. The van der Waals surface area contributed by atoms with E-state index in [1.165, 1.54) is 23.2 Å². The van der Waals surface area contributed by atoms with E-state index in [0.29, 0.717) is 23.6 Å². The van der Waals surface area contributed by atoms with Gasteiger partial charge in [0.25, 0.3) is 5.56 Å². The quantitative estimate of drug-likeness (QED) is 0.519. The van der Waals surface area contributed by atoms with Crippen LogP contribution in [-0.2, 0) is 20.6 Å². The average molecular weight is 439 g/mol. The Labute approximate surface area is 183 Å². The van der Waals surface area contributed by atoms with Crippen LogP contribution in [0.2, 0.25) is 0 Å². The highest BCUT2D eigenvalue weighted by molar-refractivity contribution is 5.83. The number of hydrogen-bond acceptors (Lipinski definition) is 4. The van der Waals surface area contributed by atoms with Gasteiger partial charge in [0.1, 0.15) is 5.82 Å². The molecule has 0 spiro atoms. The van der Waals surface area contributed by atoms with E-state index in [-0.39, 0.29) is 17.1 Å². The van der Waals surface area contributed by atoms with Crippen LogP contribution in [0.1, 0.15) is 30.7 Å². The summed E-state index contributed by atoms with van der Waals surface area (Å²) in [5.74, 6) is 0.237. The zero-order valence-corrected chi connectivity index (χ0v) is 18.3. The first kappa shape index (κ1) is 20.7. The van der Waals surface area contributed by atoms with E-state index < -0.39 is 0 Å². The highest BCUT2D eigenvalue weighted by Gasteiger charge is 2.23.